The minimum Gasteiger partial charge on any atom is -0.379 e. The molecule has 2 aromatic carbocycles. The molecule has 1 amide bonds. The molecule has 1 aliphatic heterocycles. The van der Waals surface area contributed by atoms with Crippen molar-refractivity contribution in [3.63, 3.8) is 0 Å². The van der Waals surface area contributed by atoms with Crippen molar-refractivity contribution < 1.29 is 18.4 Å². The maximum Gasteiger partial charge on any atom is 0.227 e. The van der Waals surface area contributed by atoms with Gasteiger partial charge in [-0.15, -0.1) is 0 Å². The van der Waals surface area contributed by atoms with E-state index in [9.17, 15) is 9.18 Å². The summed E-state index contributed by atoms with van der Waals surface area (Å²) in [7, 11) is 0. The number of rotatable bonds is 8. The van der Waals surface area contributed by atoms with Gasteiger partial charge in [0.1, 0.15) is 5.82 Å². The number of hydrogen-bond acceptors (Lipinski definition) is 6. The van der Waals surface area contributed by atoms with Crippen molar-refractivity contribution >= 4 is 5.91 Å². The third-order valence-electron chi connectivity index (χ3n) is 5.30. The van der Waals surface area contributed by atoms with Gasteiger partial charge < -0.3 is 14.6 Å². The van der Waals surface area contributed by atoms with Crippen LogP contribution in [0.4, 0.5) is 4.39 Å². The van der Waals surface area contributed by atoms with Crippen LogP contribution in [0.2, 0.25) is 0 Å². The van der Waals surface area contributed by atoms with Crippen molar-refractivity contribution in [1.82, 2.24) is 20.4 Å². The first-order valence-corrected chi connectivity index (χ1v) is 10.4. The standard InChI is InChI=1S/C23H25FN4O3/c24-19-8-6-18(7-9-19)23-26-22(31-27-23)11-10-21(29)25-16-20(17-4-2-1-3-5-17)28-12-14-30-15-13-28/h1-9,20H,10-16H2,(H,25,29). The molecule has 8 heteroatoms. The number of morpholine rings is 1. The van der Waals surface area contributed by atoms with E-state index in [-0.39, 0.29) is 24.2 Å². The Labute approximate surface area is 180 Å². The Morgan fingerprint density at radius 1 is 1.10 bits per heavy atom. The molecule has 1 atom stereocenters. The van der Waals surface area contributed by atoms with Gasteiger partial charge in [-0.3, -0.25) is 9.69 Å². The first-order chi connectivity index (χ1) is 15.2. The van der Waals surface area contributed by atoms with Crippen molar-refractivity contribution in [2.45, 2.75) is 18.9 Å². The molecule has 162 valence electrons. The molecule has 0 bridgehead atoms. The van der Waals surface area contributed by atoms with Crippen LogP contribution in [0.3, 0.4) is 0 Å². The second kappa shape index (κ2) is 10.3. The van der Waals surface area contributed by atoms with E-state index in [0.717, 1.165) is 13.1 Å². The normalized spacial score (nSPS) is 15.5. The smallest absolute Gasteiger partial charge is 0.227 e. The second-order valence-electron chi connectivity index (χ2n) is 7.40. The Hall–Kier alpha value is -3.10. The van der Waals surface area contributed by atoms with Crippen molar-refractivity contribution in [3.05, 3.63) is 71.9 Å². The first-order valence-electron chi connectivity index (χ1n) is 10.4. The summed E-state index contributed by atoms with van der Waals surface area (Å²) in [6, 6.07) is 16.2. The lowest BCUT2D eigenvalue weighted by Crippen LogP contribution is -2.43. The highest BCUT2D eigenvalue weighted by atomic mass is 19.1. The zero-order chi connectivity index (χ0) is 21.5. The Kier molecular flexibility index (Phi) is 7.01. The van der Waals surface area contributed by atoms with Crippen molar-refractivity contribution in [1.29, 1.82) is 0 Å². The monoisotopic (exact) mass is 424 g/mol. The van der Waals surface area contributed by atoms with Gasteiger partial charge in [0.15, 0.2) is 0 Å². The van der Waals surface area contributed by atoms with Gasteiger partial charge in [-0.25, -0.2) is 4.39 Å². The molecule has 1 aromatic heterocycles. The maximum atomic E-state index is 13.1. The van der Waals surface area contributed by atoms with E-state index in [1.54, 1.807) is 12.1 Å². The molecule has 0 aliphatic carbocycles. The number of amides is 1. The molecule has 1 fully saturated rings. The van der Waals surface area contributed by atoms with Gasteiger partial charge in [0, 0.05) is 38.0 Å². The Morgan fingerprint density at radius 2 is 1.84 bits per heavy atom. The summed E-state index contributed by atoms with van der Waals surface area (Å²) in [5.74, 6) is 0.361. The van der Waals surface area contributed by atoms with Crippen molar-refractivity contribution in [2.24, 2.45) is 0 Å². The minimum atomic E-state index is -0.324. The van der Waals surface area contributed by atoms with Gasteiger partial charge in [-0.05, 0) is 29.8 Å². The highest BCUT2D eigenvalue weighted by molar-refractivity contribution is 5.76. The summed E-state index contributed by atoms with van der Waals surface area (Å²) >= 11 is 0. The number of carbonyl (C=O) groups excluding carboxylic acids is 1. The van der Waals surface area contributed by atoms with E-state index < -0.39 is 0 Å². The number of halogens is 1. The number of carbonyl (C=O) groups is 1. The van der Waals surface area contributed by atoms with Gasteiger partial charge >= 0.3 is 0 Å². The fourth-order valence-corrected chi connectivity index (χ4v) is 3.61. The van der Waals surface area contributed by atoms with Crippen LogP contribution in [0.25, 0.3) is 11.4 Å². The quantitative estimate of drug-likeness (QED) is 0.599. The van der Waals surface area contributed by atoms with Crippen LogP contribution < -0.4 is 5.32 Å². The summed E-state index contributed by atoms with van der Waals surface area (Å²) in [6.07, 6.45) is 0.587. The highest BCUT2D eigenvalue weighted by Crippen LogP contribution is 2.21. The fraction of sp³-hybridized carbons (Fsp3) is 0.348. The fourth-order valence-electron chi connectivity index (χ4n) is 3.61. The number of nitrogens with zero attached hydrogens (tertiary/aromatic N) is 3. The highest BCUT2D eigenvalue weighted by Gasteiger charge is 2.23. The molecule has 1 unspecified atom stereocenters. The first kappa shape index (κ1) is 21.1. The van der Waals surface area contributed by atoms with Crippen LogP contribution in [-0.2, 0) is 16.0 Å². The summed E-state index contributed by atoms with van der Waals surface area (Å²) < 4.78 is 23.8. The number of aryl methyl sites for hydroxylation is 1. The predicted molar refractivity (Wildman–Crippen MR) is 113 cm³/mol. The van der Waals surface area contributed by atoms with Crippen LogP contribution in [0, 0.1) is 5.82 Å². The average Bonchev–Trinajstić information content (AvgIpc) is 3.29. The van der Waals surface area contributed by atoms with E-state index >= 15 is 0 Å². The molecule has 1 aliphatic rings. The lowest BCUT2D eigenvalue weighted by molar-refractivity contribution is -0.121. The minimum absolute atomic E-state index is 0.0734. The van der Waals surface area contributed by atoms with Crippen LogP contribution in [0.1, 0.15) is 23.9 Å². The number of nitrogens with one attached hydrogen (secondary N) is 1. The van der Waals surface area contributed by atoms with E-state index in [1.807, 2.05) is 18.2 Å². The maximum absolute atomic E-state index is 13.1. The third-order valence-corrected chi connectivity index (χ3v) is 5.30. The number of ether oxygens (including phenoxy) is 1. The number of aromatic nitrogens is 2. The predicted octanol–water partition coefficient (Wildman–Crippen LogP) is 3.00. The molecule has 4 rings (SSSR count). The molecule has 0 saturated carbocycles. The summed E-state index contributed by atoms with van der Waals surface area (Å²) in [5, 5.41) is 6.95. The van der Waals surface area contributed by atoms with E-state index in [0.29, 0.717) is 43.5 Å². The van der Waals surface area contributed by atoms with Gasteiger partial charge in [0.05, 0.1) is 19.3 Å². The molecule has 0 spiro atoms. The molecule has 2 heterocycles. The Balaban J connectivity index is 1.31. The lowest BCUT2D eigenvalue weighted by atomic mass is 10.0. The molecule has 3 aromatic rings. The largest absolute Gasteiger partial charge is 0.379 e. The topological polar surface area (TPSA) is 80.5 Å². The van der Waals surface area contributed by atoms with Crippen LogP contribution in [-0.4, -0.2) is 53.8 Å². The van der Waals surface area contributed by atoms with Crippen molar-refractivity contribution in [3.8, 4) is 11.4 Å². The third kappa shape index (κ3) is 5.74. The molecule has 0 radical (unpaired) electrons. The number of hydrogen-bond donors (Lipinski definition) is 1. The molecule has 1 saturated heterocycles. The summed E-state index contributed by atoms with van der Waals surface area (Å²) in [6.45, 7) is 3.59. The van der Waals surface area contributed by atoms with E-state index in [2.05, 4.69) is 32.5 Å². The number of benzene rings is 2. The lowest BCUT2D eigenvalue weighted by Gasteiger charge is -2.35. The zero-order valence-corrected chi connectivity index (χ0v) is 17.2. The van der Waals surface area contributed by atoms with E-state index in [4.69, 9.17) is 9.26 Å². The summed E-state index contributed by atoms with van der Waals surface area (Å²) in [4.78, 5) is 19.1. The summed E-state index contributed by atoms with van der Waals surface area (Å²) in [5.41, 5.74) is 1.84. The Bertz CT molecular complexity index is 972. The average molecular weight is 424 g/mol. The molecule has 31 heavy (non-hydrogen) atoms. The van der Waals surface area contributed by atoms with E-state index in [1.165, 1.54) is 17.7 Å². The van der Waals surface area contributed by atoms with Gasteiger partial charge in [0.2, 0.25) is 17.6 Å². The molecule has 1 N–H and O–H groups in total. The second-order valence-corrected chi connectivity index (χ2v) is 7.40. The van der Waals surface area contributed by atoms with Crippen LogP contribution >= 0.6 is 0 Å². The van der Waals surface area contributed by atoms with Crippen molar-refractivity contribution in [2.75, 3.05) is 32.8 Å². The molecule has 7 nitrogen and oxygen atoms in total. The van der Waals surface area contributed by atoms with Gasteiger partial charge in [0.25, 0.3) is 0 Å². The molecular weight excluding hydrogens is 399 g/mol. The molecular formula is C23H25FN4O3. The zero-order valence-electron chi connectivity index (χ0n) is 17.2. The van der Waals surface area contributed by atoms with Crippen LogP contribution in [0.5, 0.6) is 0 Å². The Morgan fingerprint density at radius 3 is 2.58 bits per heavy atom. The van der Waals surface area contributed by atoms with Gasteiger partial charge in [-0.1, -0.05) is 35.5 Å². The van der Waals surface area contributed by atoms with Gasteiger partial charge in [-0.2, -0.15) is 4.98 Å². The SMILES string of the molecule is O=C(CCc1nc(-c2ccc(F)cc2)no1)NCC(c1ccccc1)N1CCOCC1. The van der Waals surface area contributed by atoms with Crippen LogP contribution in [0.15, 0.2) is 59.1 Å².